The van der Waals surface area contributed by atoms with Gasteiger partial charge in [-0.15, -0.1) is 0 Å². The number of nitrogens with zero attached hydrogens (tertiary/aromatic N) is 2. The van der Waals surface area contributed by atoms with E-state index in [9.17, 15) is 9.59 Å². The van der Waals surface area contributed by atoms with Crippen molar-refractivity contribution in [1.29, 1.82) is 0 Å². The van der Waals surface area contributed by atoms with Crippen molar-refractivity contribution in [3.05, 3.63) is 12.2 Å². The number of hydrogen-bond donors (Lipinski definition) is 1. The molecule has 5 nitrogen and oxygen atoms in total. The minimum absolute atomic E-state index is 0.0330. The van der Waals surface area contributed by atoms with Crippen LogP contribution in [0, 0.1) is 0 Å². The van der Waals surface area contributed by atoms with Crippen molar-refractivity contribution in [2.45, 2.75) is 6.42 Å². The molecule has 1 heterocycles. The summed E-state index contributed by atoms with van der Waals surface area (Å²) in [5, 5.41) is 8.68. The molecule has 1 saturated heterocycles. The molecule has 1 aliphatic rings. The Labute approximate surface area is 89.0 Å². The van der Waals surface area contributed by atoms with Crippen LogP contribution in [0.15, 0.2) is 12.2 Å². The molecule has 0 aliphatic carbocycles. The Kier molecular flexibility index (Phi) is 3.85. The van der Waals surface area contributed by atoms with Gasteiger partial charge in [-0.2, -0.15) is 0 Å². The summed E-state index contributed by atoms with van der Waals surface area (Å²) in [5.74, 6) is -0.967. The van der Waals surface area contributed by atoms with Gasteiger partial charge in [0.25, 0.3) is 0 Å². The fourth-order valence-electron chi connectivity index (χ4n) is 1.52. The Morgan fingerprint density at radius 2 is 2.20 bits per heavy atom. The van der Waals surface area contributed by atoms with Crippen LogP contribution in [0.25, 0.3) is 0 Å². The van der Waals surface area contributed by atoms with E-state index in [1.54, 1.807) is 11.9 Å². The van der Waals surface area contributed by atoms with Crippen molar-refractivity contribution in [2.75, 3.05) is 33.2 Å². The predicted octanol–water partition coefficient (Wildman–Crippen LogP) is -0.209. The van der Waals surface area contributed by atoms with Crippen molar-refractivity contribution in [1.82, 2.24) is 9.80 Å². The van der Waals surface area contributed by atoms with Gasteiger partial charge < -0.3 is 10.0 Å². The summed E-state index contributed by atoms with van der Waals surface area (Å²) in [6.45, 7) is 5.47. The summed E-state index contributed by atoms with van der Waals surface area (Å²) in [6, 6.07) is 0. The molecule has 0 aromatic rings. The van der Waals surface area contributed by atoms with Crippen molar-refractivity contribution >= 4 is 11.9 Å². The summed E-state index contributed by atoms with van der Waals surface area (Å²) >= 11 is 0. The van der Waals surface area contributed by atoms with E-state index in [1.165, 1.54) is 0 Å². The second kappa shape index (κ2) is 4.93. The number of carboxylic acids is 1. The second-order valence-corrected chi connectivity index (χ2v) is 3.79. The third kappa shape index (κ3) is 3.36. The third-order valence-electron chi connectivity index (χ3n) is 2.47. The Bertz CT molecular complexity index is 288. The van der Waals surface area contributed by atoms with Gasteiger partial charge in [0.05, 0.1) is 6.54 Å². The minimum atomic E-state index is -1.000. The number of likely N-dealkylation sites (N-methyl/N-ethyl adjacent to an activating group) is 1. The van der Waals surface area contributed by atoms with Crippen molar-refractivity contribution < 1.29 is 14.7 Å². The van der Waals surface area contributed by atoms with Gasteiger partial charge in [-0.05, 0) is 6.42 Å². The van der Waals surface area contributed by atoms with Crippen LogP contribution in [-0.2, 0) is 9.59 Å². The largest absolute Gasteiger partial charge is 0.478 e. The number of rotatable bonds is 3. The first kappa shape index (κ1) is 11.7. The number of carboxylic acid groups (broad SMARTS) is 1. The highest BCUT2D eigenvalue weighted by Crippen LogP contribution is 2.05. The van der Waals surface area contributed by atoms with E-state index < -0.39 is 5.97 Å². The number of carbonyl (C=O) groups is 2. The van der Waals surface area contributed by atoms with E-state index >= 15 is 0 Å². The lowest BCUT2D eigenvalue weighted by molar-refractivity contribution is -0.133. The first-order valence-electron chi connectivity index (χ1n) is 4.88. The maximum atomic E-state index is 11.5. The molecule has 84 valence electrons. The van der Waals surface area contributed by atoms with Crippen LogP contribution in [0.1, 0.15) is 6.42 Å². The highest BCUT2D eigenvalue weighted by molar-refractivity contribution is 5.86. The molecular formula is C10H16N2O3. The van der Waals surface area contributed by atoms with Gasteiger partial charge in [-0.25, -0.2) is 4.79 Å². The highest BCUT2D eigenvalue weighted by Gasteiger charge is 2.20. The molecule has 15 heavy (non-hydrogen) atoms. The maximum absolute atomic E-state index is 11.5. The molecule has 0 saturated carbocycles. The zero-order valence-electron chi connectivity index (χ0n) is 8.90. The molecule has 5 heteroatoms. The van der Waals surface area contributed by atoms with E-state index in [0.717, 1.165) is 19.5 Å². The predicted molar refractivity (Wildman–Crippen MR) is 55.5 cm³/mol. The van der Waals surface area contributed by atoms with Crippen LogP contribution in [0.4, 0.5) is 0 Å². The lowest BCUT2D eigenvalue weighted by atomic mass is 10.2. The fourth-order valence-corrected chi connectivity index (χ4v) is 1.52. The summed E-state index contributed by atoms with van der Waals surface area (Å²) in [7, 11) is 1.76. The van der Waals surface area contributed by atoms with E-state index in [4.69, 9.17) is 5.11 Å². The van der Waals surface area contributed by atoms with Gasteiger partial charge >= 0.3 is 5.97 Å². The first-order chi connectivity index (χ1) is 7.00. The number of carbonyl (C=O) groups excluding carboxylic acids is 1. The number of amides is 1. The van der Waals surface area contributed by atoms with Gasteiger partial charge in [0.1, 0.15) is 0 Å². The van der Waals surface area contributed by atoms with Gasteiger partial charge in [-0.3, -0.25) is 9.69 Å². The van der Waals surface area contributed by atoms with Crippen LogP contribution in [0.2, 0.25) is 0 Å². The van der Waals surface area contributed by atoms with Crippen LogP contribution < -0.4 is 0 Å². The Hall–Kier alpha value is -1.36. The molecule has 1 fully saturated rings. The summed E-state index contributed by atoms with van der Waals surface area (Å²) in [5.41, 5.74) is 0.132. The summed E-state index contributed by atoms with van der Waals surface area (Å²) in [6.07, 6.45) is 0.870. The molecule has 1 aliphatic heterocycles. The Balaban J connectivity index is 2.52. The van der Waals surface area contributed by atoms with E-state index in [2.05, 4.69) is 6.58 Å². The molecule has 0 atom stereocenters. The molecule has 0 radical (unpaired) electrons. The zero-order valence-corrected chi connectivity index (χ0v) is 8.90. The first-order valence-corrected chi connectivity index (χ1v) is 4.88. The molecule has 1 N–H and O–H groups in total. The topological polar surface area (TPSA) is 60.9 Å². The molecular weight excluding hydrogens is 196 g/mol. The van der Waals surface area contributed by atoms with Crippen LogP contribution in [0.5, 0.6) is 0 Å². The molecule has 0 spiro atoms. The van der Waals surface area contributed by atoms with Gasteiger partial charge in [0, 0.05) is 32.3 Å². The van der Waals surface area contributed by atoms with E-state index in [0.29, 0.717) is 0 Å². The van der Waals surface area contributed by atoms with Crippen LogP contribution >= 0.6 is 0 Å². The van der Waals surface area contributed by atoms with Crippen LogP contribution in [0.3, 0.4) is 0 Å². The standard InChI is InChI=1S/C10H16N2O3/c1-8(10(14)15)6-12-5-3-4-11(2)9(13)7-12/h1,3-7H2,2H3,(H,14,15). The fraction of sp³-hybridized carbons (Fsp3) is 0.600. The normalized spacial score (nSPS) is 18.7. The van der Waals surface area contributed by atoms with Crippen LogP contribution in [-0.4, -0.2) is 60.0 Å². The van der Waals surface area contributed by atoms with Crippen molar-refractivity contribution in [3.8, 4) is 0 Å². The maximum Gasteiger partial charge on any atom is 0.332 e. The molecule has 0 aromatic heterocycles. The van der Waals surface area contributed by atoms with Crippen molar-refractivity contribution in [2.24, 2.45) is 0 Å². The van der Waals surface area contributed by atoms with E-state index in [-0.39, 0.29) is 24.6 Å². The molecule has 1 rings (SSSR count). The highest BCUT2D eigenvalue weighted by atomic mass is 16.4. The Morgan fingerprint density at radius 3 is 2.80 bits per heavy atom. The monoisotopic (exact) mass is 212 g/mol. The van der Waals surface area contributed by atoms with Gasteiger partial charge in [-0.1, -0.05) is 6.58 Å². The average molecular weight is 212 g/mol. The lowest BCUT2D eigenvalue weighted by Gasteiger charge is -2.18. The minimum Gasteiger partial charge on any atom is -0.478 e. The molecule has 0 unspecified atom stereocenters. The van der Waals surface area contributed by atoms with E-state index in [1.807, 2.05) is 4.90 Å². The number of aliphatic carboxylic acids is 1. The molecule has 0 aromatic carbocycles. The molecule has 1 amide bonds. The SMILES string of the molecule is C=C(CN1CCCN(C)C(=O)C1)C(=O)O. The van der Waals surface area contributed by atoms with Crippen molar-refractivity contribution in [3.63, 3.8) is 0 Å². The van der Waals surface area contributed by atoms with Gasteiger partial charge in [0.15, 0.2) is 0 Å². The van der Waals surface area contributed by atoms with Gasteiger partial charge in [0.2, 0.25) is 5.91 Å². The smallest absolute Gasteiger partial charge is 0.332 e. The average Bonchev–Trinajstić information content (AvgIpc) is 2.29. The zero-order chi connectivity index (χ0) is 11.4. The molecule has 0 bridgehead atoms. The second-order valence-electron chi connectivity index (χ2n) is 3.79. The summed E-state index contributed by atoms with van der Waals surface area (Å²) < 4.78 is 0. The number of hydrogen-bond acceptors (Lipinski definition) is 3. The summed E-state index contributed by atoms with van der Waals surface area (Å²) in [4.78, 5) is 25.6. The third-order valence-corrected chi connectivity index (χ3v) is 2.47. The quantitative estimate of drug-likeness (QED) is 0.658. The lowest BCUT2D eigenvalue weighted by Crippen LogP contribution is -2.35. The Morgan fingerprint density at radius 1 is 1.53 bits per heavy atom.